The summed E-state index contributed by atoms with van der Waals surface area (Å²) in [6.45, 7) is 1.63. The molecule has 0 fully saturated rings. The number of hydrogen-bond acceptors (Lipinski definition) is 5. The predicted octanol–water partition coefficient (Wildman–Crippen LogP) is 3.60. The molecule has 0 aliphatic carbocycles. The number of nitrogens with zero attached hydrogens (tertiary/aromatic N) is 2. The first-order valence-corrected chi connectivity index (χ1v) is 8.41. The number of hydrogen-bond donors (Lipinski definition) is 1. The molecule has 0 amide bonds. The molecule has 0 spiro atoms. The van der Waals surface area contributed by atoms with Crippen LogP contribution in [0.15, 0.2) is 28.1 Å². The van der Waals surface area contributed by atoms with Crippen LogP contribution in [0.2, 0.25) is 0 Å². The summed E-state index contributed by atoms with van der Waals surface area (Å²) in [4.78, 5) is 17.1. The van der Waals surface area contributed by atoms with Crippen LogP contribution in [0.25, 0.3) is 10.6 Å². The normalized spacial score (nSPS) is 10.9. The molecule has 0 saturated carbocycles. The van der Waals surface area contributed by atoms with Crippen LogP contribution in [0.5, 0.6) is 5.75 Å². The largest absolute Gasteiger partial charge is 0.492 e. The Hall–Kier alpha value is -1.44. The van der Waals surface area contributed by atoms with Gasteiger partial charge in [0, 0.05) is 17.5 Å². The van der Waals surface area contributed by atoms with Gasteiger partial charge in [-0.1, -0.05) is 0 Å². The van der Waals surface area contributed by atoms with E-state index in [1.54, 1.807) is 0 Å². The second-order valence-electron chi connectivity index (χ2n) is 4.99. The van der Waals surface area contributed by atoms with Gasteiger partial charge in [0.15, 0.2) is 5.69 Å². The molecule has 0 aliphatic heterocycles. The Morgan fingerprint density at radius 1 is 1.45 bits per heavy atom. The summed E-state index contributed by atoms with van der Waals surface area (Å²) in [7, 11) is 4.06. The van der Waals surface area contributed by atoms with Gasteiger partial charge < -0.3 is 14.7 Å². The third-order valence-electron chi connectivity index (χ3n) is 2.91. The molecule has 0 aliphatic rings. The lowest BCUT2D eigenvalue weighted by Gasteiger charge is -2.11. The van der Waals surface area contributed by atoms with Gasteiger partial charge in [-0.3, -0.25) is 0 Å². The molecule has 22 heavy (non-hydrogen) atoms. The van der Waals surface area contributed by atoms with Crippen molar-refractivity contribution >= 4 is 33.2 Å². The van der Waals surface area contributed by atoms with Crippen LogP contribution in [-0.4, -0.2) is 48.2 Å². The standard InChI is InChI=1S/C15H17BrN2O3S/c1-18(2)6-3-7-21-13-5-4-10(8-11(13)16)14-17-12(9-22-14)15(19)20/h4-5,8-9H,3,6-7H2,1-2H3,(H,19,20). The fraction of sp³-hybridized carbons (Fsp3) is 0.333. The van der Waals surface area contributed by atoms with Gasteiger partial charge in [0.1, 0.15) is 10.8 Å². The van der Waals surface area contributed by atoms with E-state index in [-0.39, 0.29) is 5.69 Å². The van der Waals surface area contributed by atoms with E-state index < -0.39 is 5.97 Å². The van der Waals surface area contributed by atoms with Gasteiger partial charge in [-0.05, 0) is 54.6 Å². The summed E-state index contributed by atoms with van der Waals surface area (Å²) < 4.78 is 6.57. The van der Waals surface area contributed by atoms with Crippen LogP contribution in [-0.2, 0) is 0 Å². The minimum absolute atomic E-state index is 0.0696. The predicted molar refractivity (Wildman–Crippen MR) is 90.9 cm³/mol. The molecule has 2 aromatic rings. The minimum atomic E-state index is -1.01. The molecule has 7 heteroatoms. The van der Waals surface area contributed by atoms with Crippen molar-refractivity contribution in [2.45, 2.75) is 6.42 Å². The molecule has 0 atom stereocenters. The van der Waals surface area contributed by atoms with Crippen LogP contribution in [0.3, 0.4) is 0 Å². The Bertz CT molecular complexity index is 658. The maximum Gasteiger partial charge on any atom is 0.355 e. The van der Waals surface area contributed by atoms with E-state index >= 15 is 0 Å². The molecular weight excluding hydrogens is 368 g/mol. The van der Waals surface area contributed by atoms with Gasteiger partial charge >= 0.3 is 5.97 Å². The molecule has 5 nitrogen and oxygen atoms in total. The minimum Gasteiger partial charge on any atom is -0.492 e. The van der Waals surface area contributed by atoms with Gasteiger partial charge in [0.25, 0.3) is 0 Å². The van der Waals surface area contributed by atoms with Crippen molar-refractivity contribution in [3.05, 3.63) is 33.7 Å². The lowest BCUT2D eigenvalue weighted by molar-refractivity contribution is 0.0691. The number of benzene rings is 1. The molecule has 1 aromatic heterocycles. The zero-order chi connectivity index (χ0) is 16.1. The molecule has 1 N–H and O–H groups in total. The number of aromatic carboxylic acids is 1. The van der Waals surface area contributed by atoms with E-state index in [4.69, 9.17) is 9.84 Å². The summed E-state index contributed by atoms with van der Waals surface area (Å²) in [6.07, 6.45) is 0.954. The molecule has 0 saturated heterocycles. The fourth-order valence-corrected chi connectivity index (χ4v) is 3.10. The molecule has 118 valence electrons. The highest BCUT2D eigenvalue weighted by molar-refractivity contribution is 9.10. The molecule has 0 unspecified atom stereocenters. The van der Waals surface area contributed by atoms with Crippen LogP contribution in [0.4, 0.5) is 0 Å². The average molecular weight is 385 g/mol. The highest BCUT2D eigenvalue weighted by atomic mass is 79.9. The fourth-order valence-electron chi connectivity index (χ4n) is 1.82. The van der Waals surface area contributed by atoms with Gasteiger partial charge in [0.05, 0.1) is 11.1 Å². The van der Waals surface area contributed by atoms with E-state index in [0.29, 0.717) is 11.6 Å². The van der Waals surface area contributed by atoms with Crippen molar-refractivity contribution in [3.8, 4) is 16.3 Å². The quantitative estimate of drug-likeness (QED) is 0.738. The number of rotatable bonds is 7. The zero-order valence-corrected chi connectivity index (χ0v) is 14.8. The Morgan fingerprint density at radius 3 is 2.82 bits per heavy atom. The van der Waals surface area contributed by atoms with E-state index in [1.165, 1.54) is 16.7 Å². The van der Waals surface area contributed by atoms with E-state index in [1.807, 2.05) is 32.3 Å². The molecule has 0 bridgehead atoms. The van der Waals surface area contributed by atoms with Crippen molar-refractivity contribution < 1.29 is 14.6 Å². The number of aromatic nitrogens is 1. The van der Waals surface area contributed by atoms with Crippen LogP contribution >= 0.6 is 27.3 Å². The maximum atomic E-state index is 10.9. The summed E-state index contributed by atoms with van der Waals surface area (Å²) in [5, 5.41) is 11.1. The van der Waals surface area contributed by atoms with Crippen molar-refractivity contribution in [1.82, 2.24) is 9.88 Å². The lowest BCUT2D eigenvalue weighted by Crippen LogP contribution is -2.15. The monoisotopic (exact) mass is 384 g/mol. The third kappa shape index (κ3) is 4.53. The van der Waals surface area contributed by atoms with Crippen molar-refractivity contribution in [1.29, 1.82) is 0 Å². The van der Waals surface area contributed by atoms with E-state index in [2.05, 4.69) is 25.8 Å². The molecule has 2 rings (SSSR count). The highest BCUT2D eigenvalue weighted by Crippen LogP contribution is 2.32. The second kappa shape index (κ2) is 7.71. The topological polar surface area (TPSA) is 62.7 Å². The number of carboxylic acid groups (broad SMARTS) is 1. The Balaban J connectivity index is 2.03. The molecule has 0 radical (unpaired) electrons. The van der Waals surface area contributed by atoms with Crippen molar-refractivity contribution in [2.75, 3.05) is 27.2 Å². The number of carbonyl (C=O) groups is 1. The van der Waals surface area contributed by atoms with Crippen LogP contribution in [0, 0.1) is 0 Å². The lowest BCUT2D eigenvalue weighted by atomic mass is 10.2. The maximum absolute atomic E-state index is 10.9. The molecular formula is C15H17BrN2O3S. The Kier molecular flexibility index (Phi) is 5.93. The Labute approximate surface area is 141 Å². The average Bonchev–Trinajstić information content (AvgIpc) is 2.94. The van der Waals surface area contributed by atoms with Gasteiger partial charge in [-0.2, -0.15) is 0 Å². The van der Waals surface area contributed by atoms with Crippen molar-refractivity contribution in [2.24, 2.45) is 0 Å². The van der Waals surface area contributed by atoms with Crippen molar-refractivity contribution in [3.63, 3.8) is 0 Å². The summed E-state index contributed by atoms with van der Waals surface area (Å²) in [5.41, 5.74) is 0.935. The highest BCUT2D eigenvalue weighted by Gasteiger charge is 2.11. The van der Waals surface area contributed by atoms with Crippen LogP contribution < -0.4 is 4.74 Å². The Morgan fingerprint density at radius 2 is 2.23 bits per heavy atom. The first kappa shape index (κ1) is 16.9. The van der Waals surface area contributed by atoms with E-state index in [0.717, 1.165) is 28.8 Å². The SMILES string of the molecule is CN(C)CCCOc1ccc(-c2nc(C(=O)O)cs2)cc1Br. The van der Waals surface area contributed by atoms with E-state index in [9.17, 15) is 4.79 Å². The number of ether oxygens (including phenoxy) is 1. The summed E-state index contributed by atoms with van der Waals surface area (Å²) in [5.74, 6) is -0.236. The van der Waals surface area contributed by atoms with Gasteiger partial charge in [-0.25, -0.2) is 9.78 Å². The third-order valence-corrected chi connectivity index (χ3v) is 4.42. The van der Waals surface area contributed by atoms with Gasteiger partial charge in [0.2, 0.25) is 0 Å². The number of carboxylic acids is 1. The first-order valence-electron chi connectivity index (χ1n) is 6.73. The smallest absolute Gasteiger partial charge is 0.355 e. The summed E-state index contributed by atoms with van der Waals surface area (Å²) in [6, 6.07) is 5.65. The van der Waals surface area contributed by atoms with Crippen LogP contribution in [0.1, 0.15) is 16.9 Å². The summed E-state index contributed by atoms with van der Waals surface area (Å²) >= 11 is 4.80. The number of thiazole rings is 1. The molecule has 1 heterocycles. The molecule has 1 aromatic carbocycles. The first-order chi connectivity index (χ1) is 10.5. The second-order valence-corrected chi connectivity index (χ2v) is 6.71. The number of halogens is 1. The zero-order valence-electron chi connectivity index (χ0n) is 12.4. The van der Waals surface area contributed by atoms with Gasteiger partial charge in [-0.15, -0.1) is 11.3 Å².